The van der Waals surface area contributed by atoms with E-state index in [4.69, 9.17) is 10.5 Å². The molecule has 0 fully saturated rings. The largest absolute Gasteiger partial charge is 0.371 e. The monoisotopic (exact) mass is 413 g/mol. The predicted octanol–water partition coefficient (Wildman–Crippen LogP) is 1.54. The number of hydrogen-bond donors (Lipinski definition) is 3. The Labute approximate surface area is 165 Å². The Morgan fingerprint density at radius 1 is 1.07 bits per heavy atom. The predicted molar refractivity (Wildman–Crippen MR) is 108 cm³/mol. The number of ether oxygens (including phenoxy) is 1. The summed E-state index contributed by atoms with van der Waals surface area (Å²) in [5.74, 6) is -0.345. The van der Waals surface area contributed by atoms with Gasteiger partial charge in [0.1, 0.15) is 6.61 Å². The summed E-state index contributed by atoms with van der Waals surface area (Å²) in [4.78, 5) is 12.0. The Bertz CT molecular complexity index is 816. The summed E-state index contributed by atoms with van der Waals surface area (Å²) in [7, 11) is -3.64. The molecule has 1 amide bonds. The van der Waals surface area contributed by atoms with Gasteiger partial charge in [0.15, 0.2) is 0 Å². The van der Waals surface area contributed by atoms with E-state index in [9.17, 15) is 13.2 Å². The molecule has 0 atom stereocenters. The maximum atomic E-state index is 12.1. The van der Waals surface area contributed by atoms with Crippen molar-refractivity contribution in [3.8, 4) is 0 Å². The van der Waals surface area contributed by atoms with E-state index in [0.29, 0.717) is 18.7 Å². The number of nitrogens with one attached hydrogen (secondary N) is 2. The third-order valence-electron chi connectivity index (χ3n) is 3.48. The van der Waals surface area contributed by atoms with Crippen molar-refractivity contribution >= 4 is 34.0 Å². The summed E-state index contributed by atoms with van der Waals surface area (Å²) >= 11 is 0. The second-order valence-electron chi connectivity index (χ2n) is 5.55. The van der Waals surface area contributed by atoms with Crippen LogP contribution in [0.3, 0.4) is 0 Å². The standard InChI is InChI=1S/C18H23N3O4S.ClH/c19-10-11-20-26(23,24)17-8-4-7-16(13-17)21-18(22)14-25-12-9-15-5-2-1-3-6-15;/h1-8,13,20H,9-12,14,19H2,(H,21,22);1H. The van der Waals surface area contributed by atoms with E-state index in [1.165, 1.54) is 12.1 Å². The molecule has 0 aliphatic carbocycles. The Kier molecular flexibility index (Phi) is 9.98. The lowest BCUT2D eigenvalue weighted by molar-refractivity contribution is -0.120. The minimum absolute atomic E-state index is 0. The van der Waals surface area contributed by atoms with E-state index in [0.717, 1.165) is 5.56 Å². The number of sulfonamides is 1. The fraction of sp³-hybridized carbons (Fsp3) is 0.278. The lowest BCUT2D eigenvalue weighted by atomic mass is 10.2. The van der Waals surface area contributed by atoms with Crippen LogP contribution < -0.4 is 15.8 Å². The van der Waals surface area contributed by atoms with Crippen molar-refractivity contribution in [2.45, 2.75) is 11.3 Å². The molecule has 0 spiro atoms. The zero-order valence-corrected chi connectivity index (χ0v) is 16.4. The molecule has 0 heterocycles. The zero-order valence-electron chi connectivity index (χ0n) is 14.8. The molecule has 27 heavy (non-hydrogen) atoms. The van der Waals surface area contributed by atoms with Crippen LogP contribution in [0.2, 0.25) is 0 Å². The summed E-state index contributed by atoms with van der Waals surface area (Å²) in [6.07, 6.45) is 0.717. The van der Waals surface area contributed by atoms with Gasteiger partial charge >= 0.3 is 0 Å². The molecule has 0 bridgehead atoms. The maximum absolute atomic E-state index is 12.1. The molecule has 2 rings (SSSR count). The zero-order chi connectivity index (χ0) is 18.8. The van der Waals surface area contributed by atoms with E-state index in [1.54, 1.807) is 12.1 Å². The molecule has 9 heteroatoms. The average Bonchev–Trinajstić information content (AvgIpc) is 2.65. The van der Waals surface area contributed by atoms with Crippen LogP contribution in [0.1, 0.15) is 5.56 Å². The molecule has 0 aliphatic heterocycles. The highest BCUT2D eigenvalue weighted by Gasteiger charge is 2.14. The van der Waals surface area contributed by atoms with Crippen molar-refractivity contribution in [3.05, 3.63) is 60.2 Å². The summed E-state index contributed by atoms with van der Waals surface area (Å²) in [5.41, 5.74) is 6.83. The first-order valence-corrected chi connectivity index (χ1v) is 9.71. The van der Waals surface area contributed by atoms with Gasteiger partial charge in [-0.15, -0.1) is 12.4 Å². The van der Waals surface area contributed by atoms with Crippen molar-refractivity contribution in [1.29, 1.82) is 0 Å². The number of amides is 1. The van der Waals surface area contributed by atoms with Crippen molar-refractivity contribution < 1.29 is 17.9 Å². The molecular formula is C18H24ClN3O4S. The highest BCUT2D eigenvalue weighted by Crippen LogP contribution is 2.15. The fourth-order valence-electron chi connectivity index (χ4n) is 2.21. The number of rotatable bonds is 10. The number of halogens is 1. The summed E-state index contributed by atoms with van der Waals surface area (Å²) in [5, 5.41) is 2.63. The average molecular weight is 414 g/mol. The van der Waals surface area contributed by atoms with Gasteiger partial charge in [0.25, 0.3) is 0 Å². The van der Waals surface area contributed by atoms with Gasteiger partial charge in [-0.1, -0.05) is 36.4 Å². The molecule has 0 saturated heterocycles. The van der Waals surface area contributed by atoms with Crippen LogP contribution in [0.5, 0.6) is 0 Å². The number of anilines is 1. The molecule has 2 aromatic carbocycles. The van der Waals surface area contributed by atoms with Crippen LogP contribution in [0.25, 0.3) is 0 Å². The van der Waals surface area contributed by atoms with Crippen molar-refractivity contribution in [2.75, 3.05) is 31.6 Å². The Morgan fingerprint density at radius 2 is 1.81 bits per heavy atom. The molecule has 7 nitrogen and oxygen atoms in total. The third-order valence-corrected chi connectivity index (χ3v) is 4.93. The molecule has 148 valence electrons. The minimum Gasteiger partial charge on any atom is -0.371 e. The first kappa shape index (κ1) is 23.1. The third kappa shape index (κ3) is 8.06. The summed E-state index contributed by atoms with van der Waals surface area (Å²) in [6.45, 7) is 0.675. The molecule has 0 radical (unpaired) electrons. The number of carbonyl (C=O) groups excluding carboxylic acids is 1. The lowest BCUT2D eigenvalue weighted by Crippen LogP contribution is -2.29. The quantitative estimate of drug-likeness (QED) is 0.512. The van der Waals surface area contributed by atoms with Gasteiger partial charge in [0.05, 0.1) is 11.5 Å². The van der Waals surface area contributed by atoms with Gasteiger partial charge in [-0.25, -0.2) is 13.1 Å². The van der Waals surface area contributed by atoms with Crippen LogP contribution in [-0.2, 0) is 26.0 Å². The first-order valence-electron chi connectivity index (χ1n) is 8.22. The van der Waals surface area contributed by atoms with Crippen molar-refractivity contribution in [1.82, 2.24) is 4.72 Å². The van der Waals surface area contributed by atoms with Crippen LogP contribution in [0.15, 0.2) is 59.5 Å². The van der Waals surface area contributed by atoms with Crippen molar-refractivity contribution in [3.63, 3.8) is 0 Å². The number of hydrogen-bond acceptors (Lipinski definition) is 5. The number of benzene rings is 2. The van der Waals surface area contributed by atoms with E-state index < -0.39 is 10.0 Å². The van der Waals surface area contributed by atoms with Gasteiger partial charge in [-0.3, -0.25) is 4.79 Å². The SMILES string of the molecule is Cl.NCCNS(=O)(=O)c1cccc(NC(=O)COCCc2ccccc2)c1. The Morgan fingerprint density at radius 3 is 2.52 bits per heavy atom. The lowest BCUT2D eigenvalue weighted by Gasteiger charge is -2.09. The van der Waals surface area contributed by atoms with Gasteiger partial charge in [0.2, 0.25) is 15.9 Å². The van der Waals surface area contributed by atoms with Gasteiger partial charge in [-0.2, -0.15) is 0 Å². The smallest absolute Gasteiger partial charge is 0.250 e. The van der Waals surface area contributed by atoms with Gasteiger partial charge in [-0.05, 0) is 30.2 Å². The van der Waals surface area contributed by atoms with E-state index in [1.807, 2.05) is 30.3 Å². The number of carbonyl (C=O) groups is 1. The van der Waals surface area contributed by atoms with Gasteiger partial charge < -0.3 is 15.8 Å². The molecule has 2 aromatic rings. The molecule has 0 aromatic heterocycles. The summed E-state index contributed by atoms with van der Waals surface area (Å²) in [6, 6.07) is 15.8. The highest BCUT2D eigenvalue weighted by molar-refractivity contribution is 7.89. The molecule has 4 N–H and O–H groups in total. The van der Waals surface area contributed by atoms with E-state index >= 15 is 0 Å². The van der Waals surface area contributed by atoms with E-state index in [-0.39, 0.29) is 42.9 Å². The highest BCUT2D eigenvalue weighted by atomic mass is 35.5. The van der Waals surface area contributed by atoms with Crippen LogP contribution in [0, 0.1) is 0 Å². The molecule has 0 aliphatic rings. The maximum Gasteiger partial charge on any atom is 0.250 e. The Balaban J connectivity index is 0.00000364. The van der Waals surface area contributed by atoms with E-state index in [2.05, 4.69) is 10.0 Å². The molecule has 0 saturated carbocycles. The minimum atomic E-state index is -3.64. The first-order chi connectivity index (χ1) is 12.5. The number of nitrogens with two attached hydrogens (primary N) is 1. The van der Waals surface area contributed by atoms with Crippen LogP contribution in [0.4, 0.5) is 5.69 Å². The van der Waals surface area contributed by atoms with Crippen molar-refractivity contribution in [2.24, 2.45) is 5.73 Å². The second-order valence-corrected chi connectivity index (χ2v) is 7.32. The Hall–Kier alpha value is -1.97. The van der Waals surface area contributed by atoms with Crippen LogP contribution >= 0.6 is 12.4 Å². The van der Waals surface area contributed by atoms with Crippen LogP contribution in [-0.4, -0.2) is 40.6 Å². The fourth-order valence-corrected chi connectivity index (χ4v) is 3.31. The second kappa shape index (κ2) is 11.7. The molecule has 0 unspecified atom stereocenters. The normalized spacial score (nSPS) is 10.9. The van der Waals surface area contributed by atoms with Gasteiger partial charge in [0, 0.05) is 18.8 Å². The molecular weight excluding hydrogens is 390 g/mol. The topological polar surface area (TPSA) is 111 Å². The summed E-state index contributed by atoms with van der Waals surface area (Å²) < 4.78 is 31.9.